The van der Waals surface area contributed by atoms with Crippen LogP contribution in [-0.4, -0.2) is 43.7 Å². The number of rotatable bonds is 8. The van der Waals surface area contributed by atoms with Crippen molar-refractivity contribution < 1.29 is 23.1 Å². The number of aliphatic carboxylic acids is 1. The van der Waals surface area contributed by atoms with E-state index in [9.17, 15) is 18.0 Å². The third kappa shape index (κ3) is 7.70. The van der Waals surface area contributed by atoms with Gasteiger partial charge in [-0.3, -0.25) is 9.59 Å². The van der Waals surface area contributed by atoms with Gasteiger partial charge >= 0.3 is 5.97 Å². The molecule has 0 bridgehead atoms. The molecule has 8 heteroatoms. The molecule has 7 nitrogen and oxygen atoms in total. The van der Waals surface area contributed by atoms with Gasteiger partial charge in [0.15, 0.2) is 0 Å². The number of sulfonamides is 1. The van der Waals surface area contributed by atoms with Crippen molar-refractivity contribution in [1.29, 1.82) is 0 Å². The van der Waals surface area contributed by atoms with Crippen molar-refractivity contribution in [2.24, 2.45) is 0 Å². The molecule has 0 fully saturated rings. The van der Waals surface area contributed by atoms with Gasteiger partial charge in [0, 0.05) is 13.0 Å². The van der Waals surface area contributed by atoms with E-state index in [-0.39, 0.29) is 18.6 Å². The highest BCUT2D eigenvalue weighted by Crippen LogP contribution is 1.96. The van der Waals surface area contributed by atoms with Gasteiger partial charge in [-0.2, -0.15) is 0 Å². The minimum absolute atomic E-state index is 0.0206. The normalized spacial score (nSPS) is 13.1. The fraction of sp³-hybridized carbons (Fsp3) is 0.778. The maximum Gasteiger partial charge on any atom is 0.303 e. The van der Waals surface area contributed by atoms with Crippen LogP contribution in [0.5, 0.6) is 0 Å². The molecule has 0 aliphatic carbocycles. The molecule has 0 aliphatic heterocycles. The molecule has 100 valence electrons. The monoisotopic (exact) mass is 266 g/mol. The molecular formula is C9H18N2O5S. The van der Waals surface area contributed by atoms with Crippen molar-refractivity contribution in [3.05, 3.63) is 0 Å². The summed E-state index contributed by atoms with van der Waals surface area (Å²) in [5.41, 5.74) is 0. The molecule has 3 N–H and O–H groups in total. The topological polar surface area (TPSA) is 113 Å². The number of likely N-dealkylation sites (N-methyl/N-ethyl adjacent to an activating group) is 1. The van der Waals surface area contributed by atoms with Gasteiger partial charge < -0.3 is 10.4 Å². The van der Waals surface area contributed by atoms with E-state index in [2.05, 4.69) is 10.0 Å². The van der Waals surface area contributed by atoms with Crippen LogP contribution in [0.25, 0.3) is 0 Å². The Balaban J connectivity index is 4.16. The Labute approximate surface area is 101 Å². The van der Waals surface area contributed by atoms with Crippen molar-refractivity contribution in [3.8, 4) is 0 Å². The zero-order valence-corrected chi connectivity index (χ0v) is 10.7. The lowest BCUT2D eigenvalue weighted by molar-refractivity contribution is -0.137. The van der Waals surface area contributed by atoms with Gasteiger partial charge in [-0.25, -0.2) is 13.1 Å². The van der Waals surface area contributed by atoms with Crippen LogP contribution in [0.1, 0.15) is 26.7 Å². The molecule has 0 aromatic rings. The second-order valence-corrected chi connectivity index (χ2v) is 5.42. The average Bonchev–Trinajstić information content (AvgIpc) is 2.16. The minimum atomic E-state index is -3.61. The number of carboxylic acids is 1. The van der Waals surface area contributed by atoms with Crippen molar-refractivity contribution in [2.45, 2.75) is 32.7 Å². The van der Waals surface area contributed by atoms with Crippen LogP contribution in [-0.2, 0) is 19.6 Å². The van der Waals surface area contributed by atoms with Crippen LogP contribution in [0.2, 0.25) is 0 Å². The van der Waals surface area contributed by atoms with E-state index in [0.29, 0.717) is 6.54 Å². The van der Waals surface area contributed by atoms with Crippen molar-refractivity contribution >= 4 is 21.9 Å². The highest BCUT2D eigenvalue weighted by molar-refractivity contribution is 7.89. The first kappa shape index (κ1) is 15.9. The summed E-state index contributed by atoms with van der Waals surface area (Å²) in [5, 5.41) is 10.9. The number of carboxylic acid groups (broad SMARTS) is 1. The second kappa shape index (κ2) is 7.23. The van der Waals surface area contributed by atoms with Crippen LogP contribution >= 0.6 is 0 Å². The molecule has 0 aromatic heterocycles. The number of nitrogens with one attached hydrogen (secondary N) is 2. The van der Waals surface area contributed by atoms with E-state index >= 15 is 0 Å². The van der Waals surface area contributed by atoms with E-state index in [1.807, 2.05) is 0 Å². The molecule has 1 unspecified atom stereocenters. The predicted molar refractivity (Wildman–Crippen MR) is 61.9 cm³/mol. The fourth-order valence-electron chi connectivity index (χ4n) is 1.12. The fourth-order valence-corrected chi connectivity index (χ4v) is 2.41. The largest absolute Gasteiger partial charge is 0.481 e. The van der Waals surface area contributed by atoms with E-state index in [4.69, 9.17) is 5.11 Å². The predicted octanol–water partition coefficient (Wildman–Crippen LogP) is -0.705. The standard InChI is InChI=1S/C9H18N2O5S/c1-3-10-9(14)7(2)11-17(15,16)6-4-5-8(12)13/h7,11H,3-6H2,1-2H3,(H,10,14)(H,12,13). The van der Waals surface area contributed by atoms with Crippen LogP contribution in [0.15, 0.2) is 0 Å². The summed E-state index contributed by atoms with van der Waals surface area (Å²) < 4.78 is 25.1. The van der Waals surface area contributed by atoms with E-state index in [1.165, 1.54) is 6.92 Å². The van der Waals surface area contributed by atoms with Crippen LogP contribution in [0, 0.1) is 0 Å². The first-order valence-corrected chi connectivity index (χ1v) is 6.93. The lowest BCUT2D eigenvalue weighted by atomic mass is 10.3. The minimum Gasteiger partial charge on any atom is -0.481 e. The zero-order valence-electron chi connectivity index (χ0n) is 9.89. The Morgan fingerprint density at radius 1 is 1.35 bits per heavy atom. The number of hydrogen-bond donors (Lipinski definition) is 3. The highest BCUT2D eigenvalue weighted by Gasteiger charge is 2.19. The molecule has 0 saturated carbocycles. The molecule has 1 amide bonds. The van der Waals surface area contributed by atoms with Crippen molar-refractivity contribution in [2.75, 3.05) is 12.3 Å². The Bertz CT molecular complexity index is 366. The lowest BCUT2D eigenvalue weighted by Gasteiger charge is -2.13. The third-order valence-electron chi connectivity index (χ3n) is 1.90. The molecule has 0 radical (unpaired) electrons. The van der Waals surface area contributed by atoms with Gasteiger partial charge in [-0.05, 0) is 20.3 Å². The molecule has 0 spiro atoms. The summed E-state index contributed by atoms with van der Waals surface area (Å²) in [6, 6.07) is -0.857. The summed E-state index contributed by atoms with van der Waals surface area (Å²) in [5.74, 6) is -1.76. The van der Waals surface area contributed by atoms with Gasteiger partial charge in [-0.15, -0.1) is 0 Å². The van der Waals surface area contributed by atoms with Crippen LogP contribution in [0.3, 0.4) is 0 Å². The molecular weight excluding hydrogens is 248 g/mol. The summed E-state index contributed by atoms with van der Waals surface area (Å²) in [4.78, 5) is 21.5. The van der Waals surface area contributed by atoms with E-state index in [0.717, 1.165) is 0 Å². The Morgan fingerprint density at radius 3 is 2.41 bits per heavy atom. The van der Waals surface area contributed by atoms with Crippen molar-refractivity contribution in [1.82, 2.24) is 10.0 Å². The summed E-state index contributed by atoms with van der Waals surface area (Å²) in [6.45, 7) is 3.58. The first-order chi connectivity index (χ1) is 7.78. The number of carbonyl (C=O) groups is 2. The molecule has 17 heavy (non-hydrogen) atoms. The number of carbonyl (C=O) groups excluding carboxylic acids is 1. The Morgan fingerprint density at radius 2 is 1.94 bits per heavy atom. The average molecular weight is 266 g/mol. The van der Waals surface area contributed by atoms with Crippen LogP contribution in [0.4, 0.5) is 0 Å². The van der Waals surface area contributed by atoms with Gasteiger partial charge in [0.1, 0.15) is 0 Å². The number of hydrogen-bond acceptors (Lipinski definition) is 4. The highest BCUT2D eigenvalue weighted by atomic mass is 32.2. The second-order valence-electron chi connectivity index (χ2n) is 3.55. The molecule has 0 aliphatic rings. The van der Waals surface area contributed by atoms with E-state index in [1.54, 1.807) is 6.92 Å². The number of amides is 1. The summed E-state index contributed by atoms with van der Waals surface area (Å²) in [7, 11) is -3.61. The van der Waals surface area contributed by atoms with Gasteiger partial charge in [0.2, 0.25) is 15.9 Å². The Kier molecular flexibility index (Phi) is 6.74. The summed E-state index contributed by atoms with van der Waals surface area (Å²) >= 11 is 0. The molecule has 0 aromatic carbocycles. The van der Waals surface area contributed by atoms with E-state index < -0.39 is 27.9 Å². The smallest absolute Gasteiger partial charge is 0.303 e. The lowest BCUT2D eigenvalue weighted by Crippen LogP contribution is -2.45. The third-order valence-corrected chi connectivity index (χ3v) is 3.44. The SMILES string of the molecule is CCNC(=O)C(C)NS(=O)(=O)CCCC(=O)O. The molecule has 1 atom stereocenters. The van der Waals surface area contributed by atoms with Crippen molar-refractivity contribution in [3.63, 3.8) is 0 Å². The Hall–Kier alpha value is -1.15. The molecule has 0 saturated heterocycles. The maximum atomic E-state index is 11.4. The van der Waals surface area contributed by atoms with Crippen LogP contribution < -0.4 is 10.0 Å². The molecule has 0 rings (SSSR count). The molecule has 0 heterocycles. The quantitative estimate of drug-likeness (QED) is 0.537. The van der Waals surface area contributed by atoms with Gasteiger partial charge in [0.25, 0.3) is 0 Å². The summed E-state index contributed by atoms with van der Waals surface area (Å²) in [6.07, 6.45) is -0.191. The van der Waals surface area contributed by atoms with Gasteiger partial charge in [-0.1, -0.05) is 0 Å². The van der Waals surface area contributed by atoms with Gasteiger partial charge in [0.05, 0.1) is 11.8 Å². The zero-order chi connectivity index (χ0) is 13.5. The maximum absolute atomic E-state index is 11.4. The first-order valence-electron chi connectivity index (χ1n) is 5.28.